The number of pyridine rings is 1. The zero-order valence-electron chi connectivity index (χ0n) is 14.6. The van der Waals surface area contributed by atoms with Crippen LogP contribution in [0.1, 0.15) is 20.8 Å². The number of nitro benzene ring substituents is 1. The number of anilines is 2. The van der Waals surface area contributed by atoms with E-state index in [0.29, 0.717) is 0 Å². The molecule has 0 fully saturated rings. The highest BCUT2D eigenvalue weighted by molar-refractivity contribution is 6.34. The molecule has 146 valence electrons. The van der Waals surface area contributed by atoms with Gasteiger partial charge in [0.2, 0.25) is 0 Å². The number of rotatable bonds is 5. The number of nitrogens with one attached hydrogen (secondary N) is 2. The minimum Gasteiger partial charge on any atom is -0.320 e. The minimum absolute atomic E-state index is 0.0197. The molecule has 0 unspecified atom stereocenters. The lowest BCUT2D eigenvalue weighted by atomic mass is 10.1. The first-order chi connectivity index (χ1) is 13.8. The Kier molecular flexibility index (Phi) is 5.79. The van der Waals surface area contributed by atoms with Crippen LogP contribution in [0.5, 0.6) is 0 Å². The molecule has 1 heterocycles. The molecule has 0 aliphatic heterocycles. The highest BCUT2D eigenvalue weighted by atomic mass is 35.5. The van der Waals surface area contributed by atoms with Gasteiger partial charge in [-0.15, -0.1) is 0 Å². The summed E-state index contributed by atoms with van der Waals surface area (Å²) in [4.78, 5) is 38.9. The Balaban J connectivity index is 1.85. The van der Waals surface area contributed by atoms with Crippen LogP contribution < -0.4 is 10.6 Å². The fourth-order valence-corrected chi connectivity index (χ4v) is 2.66. The molecular formula is C19H12ClFN4O4. The molecule has 0 saturated heterocycles. The number of non-ortho nitro benzene ring substituents is 1. The number of carbonyl (C=O) groups excluding carboxylic acids is 2. The molecule has 2 N–H and O–H groups in total. The molecule has 2 aromatic carbocycles. The summed E-state index contributed by atoms with van der Waals surface area (Å²) in [5.74, 6) is -1.93. The molecular weight excluding hydrogens is 403 g/mol. The van der Waals surface area contributed by atoms with Gasteiger partial charge >= 0.3 is 0 Å². The zero-order valence-corrected chi connectivity index (χ0v) is 15.3. The van der Waals surface area contributed by atoms with Crippen LogP contribution in [0.25, 0.3) is 0 Å². The number of benzene rings is 2. The SMILES string of the molecule is O=C(Nc1ccc(F)cc1NC(=O)c1ccc([N+](=O)[O-])cc1Cl)c1ccccn1. The van der Waals surface area contributed by atoms with E-state index >= 15 is 0 Å². The van der Waals surface area contributed by atoms with Crippen molar-refractivity contribution in [2.45, 2.75) is 0 Å². The van der Waals surface area contributed by atoms with Crippen LogP contribution in [-0.2, 0) is 0 Å². The summed E-state index contributed by atoms with van der Waals surface area (Å²) in [5, 5.41) is 15.6. The summed E-state index contributed by atoms with van der Waals surface area (Å²) in [6.45, 7) is 0. The Labute approximate surface area is 168 Å². The molecule has 29 heavy (non-hydrogen) atoms. The molecule has 0 atom stereocenters. The van der Waals surface area contributed by atoms with E-state index in [1.165, 1.54) is 24.4 Å². The second kappa shape index (κ2) is 8.44. The van der Waals surface area contributed by atoms with Crippen molar-refractivity contribution < 1.29 is 18.9 Å². The Morgan fingerprint density at radius 3 is 2.41 bits per heavy atom. The number of nitro groups is 1. The number of hydrogen-bond acceptors (Lipinski definition) is 5. The molecule has 0 bridgehead atoms. The van der Waals surface area contributed by atoms with Crippen molar-refractivity contribution >= 4 is 40.5 Å². The summed E-state index contributed by atoms with van der Waals surface area (Å²) in [6.07, 6.45) is 1.44. The molecule has 3 aromatic rings. The van der Waals surface area contributed by atoms with E-state index in [4.69, 9.17) is 11.6 Å². The average molecular weight is 415 g/mol. The first-order valence-electron chi connectivity index (χ1n) is 8.12. The Hall–Kier alpha value is -3.85. The Bertz CT molecular complexity index is 1110. The summed E-state index contributed by atoms with van der Waals surface area (Å²) in [5.41, 5.74) is -0.0844. The third-order valence-electron chi connectivity index (χ3n) is 3.78. The normalized spacial score (nSPS) is 10.3. The molecule has 0 radical (unpaired) electrons. The van der Waals surface area contributed by atoms with Gasteiger partial charge in [-0.1, -0.05) is 17.7 Å². The van der Waals surface area contributed by atoms with E-state index in [0.717, 1.165) is 24.3 Å². The van der Waals surface area contributed by atoms with Crippen LogP contribution >= 0.6 is 11.6 Å². The van der Waals surface area contributed by atoms with Crippen molar-refractivity contribution in [2.24, 2.45) is 0 Å². The summed E-state index contributed by atoms with van der Waals surface area (Å²) < 4.78 is 13.7. The number of amides is 2. The lowest BCUT2D eigenvalue weighted by molar-refractivity contribution is -0.384. The standard InChI is InChI=1S/C19H12ClFN4O4/c20-14-10-12(25(28)29)5-6-13(14)18(26)24-17-9-11(21)4-7-15(17)23-19(27)16-3-1-2-8-22-16/h1-10H,(H,23,27)(H,24,26). The van der Waals surface area contributed by atoms with Gasteiger partial charge in [-0.25, -0.2) is 4.39 Å². The van der Waals surface area contributed by atoms with Crippen molar-refractivity contribution in [2.75, 3.05) is 10.6 Å². The monoisotopic (exact) mass is 414 g/mol. The van der Waals surface area contributed by atoms with E-state index in [1.807, 2.05) is 0 Å². The van der Waals surface area contributed by atoms with Crippen molar-refractivity contribution in [3.63, 3.8) is 0 Å². The van der Waals surface area contributed by atoms with Crippen molar-refractivity contribution in [3.05, 3.63) is 93.0 Å². The van der Waals surface area contributed by atoms with Crippen LogP contribution in [0, 0.1) is 15.9 Å². The third kappa shape index (κ3) is 4.71. The van der Waals surface area contributed by atoms with Crippen molar-refractivity contribution in [3.8, 4) is 0 Å². The second-order valence-electron chi connectivity index (χ2n) is 5.73. The maximum Gasteiger partial charge on any atom is 0.274 e. The van der Waals surface area contributed by atoms with Gasteiger partial charge in [0.25, 0.3) is 17.5 Å². The van der Waals surface area contributed by atoms with Gasteiger partial charge in [-0.2, -0.15) is 0 Å². The maximum atomic E-state index is 13.7. The van der Waals surface area contributed by atoms with E-state index in [9.17, 15) is 24.1 Å². The Morgan fingerprint density at radius 2 is 1.76 bits per heavy atom. The smallest absolute Gasteiger partial charge is 0.274 e. The molecule has 1 aromatic heterocycles. The van der Waals surface area contributed by atoms with E-state index in [2.05, 4.69) is 15.6 Å². The molecule has 0 spiro atoms. The predicted molar refractivity (Wildman–Crippen MR) is 105 cm³/mol. The molecule has 0 saturated carbocycles. The van der Waals surface area contributed by atoms with Gasteiger partial charge in [0.1, 0.15) is 11.5 Å². The fraction of sp³-hybridized carbons (Fsp3) is 0. The van der Waals surface area contributed by atoms with E-state index < -0.39 is 22.6 Å². The first kappa shape index (κ1) is 19.9. The van der Waals surface area contributed by atoms with Gasteiger partial charge in [-0.3, -0.25) is 24.7 Å². The number of aromatic nitrogens is 1. The lowest BCUT2D eigenvalue weighted by Crippen LogP contribution is -2.18. The number of halogens is 2. The summed E-state index contributed by atoms with van der Waals surface area (Å²) in [7, 11) is 0. The van der Waals surface area contributed by atoms with Crippen molar-refractivity contribution in [1.82, 2.24) is 4.98 Å². The number of carbonyl (C=O) groups is 2. The highest BCUT2D eigenvalue weighted by Crippen LogP contribution is 2.27. The highest BCUT2D eigenvalue weighted by Gasteiger charge is 2.18. The molecule has 3 rings (SSSR count). The maximum absolute atomic E-state index is 13.7. The van der Waals surface area contributed by atoms with Gasteiger partial charge in [0, 0.05) is 18.3 Å². The Morgan fingerprint density at radius 1 is 1.00 bits per heavy atom. The van der Waals surface area contributed by atoms with Gasteiger partial charge in [0.15, 0.2) is 0 Å². The molecule has 8 nitrogen and oxygen atoms in total. The molecule has 0 aliphatic rings. The van der Waals surface area contributed by atoms with Crippen molar-refractivity contribution in [1.29, 1.82) is 0 Å². The third-order valence-corrected chi connectivity index (χ3v) is 4.10. The van der Waals surface area contributed by atoms with Gasteiger partial charge in [-0.05, 0) is 36.4 Å². The van der Waals surface area contributed by atoms with Crippen LogP contribution in [0.3, 0.4) is 0 Å². The van der Waals surface area contributed by atoms with Crippen LogP contribution in [0.4, 0.5) is 21.5 Å². The number of nitrogens with zero attached hydrogens (tertiary/aromatic N) is 2. The summed E-state index contributed by atoms with van der Waals surface area (Å²) >= 11 is 5.95. The van der Waals surface area contributed by atoms with Crippen LogP contribution in [-0.4, -0.2) is 21.7 Å². The first-order valence-corrected chi connectivity index (χ1v) is 8.50. The fourth-order valence-electron chi connectivity index (χ4n) is 2.40. The largest absolute Gasteiger partial charge is 0.320 e. The topological polar surface area (TPSA) is 114 Å². The van der Waals surface area contributed by atoms with Crippen LogP contribution in [0.2, 0.25) is 5.02 Å². The van der Waals surface area contributed by atoms with E-state index in [-0.39, 0.29) is 33.3 Å². The second-order valence-corrected chi connectivity index (χ2v) is 6.14. The van der Waals surface area contributed by atoms with E-state index in [1.54, 1.807) is 12.1 Å². The lowest BCUT2D eigenvalue weighted by Gasteiger charge is -2.13. The zero-order chi connectivity index (χ0) is 21.0. The van der Waals surface area contributed by atoms with Gasteiger partial charge in [0.05, 0.1) is 26.9 Å². The molecule has 2 amide bonds. The molecule has 0 aliphatic carbocycles. The van der Waals surface area contributed by atoms with Gasteiger partial charge < -0.3 is 10.6 Å². The van der Waals surface area contributed by atoms with Crippen LogP contribution in [0.15, 0.2) is 60.8 Å². The average Bonchev–Trinajstić information content (AvgIpc) is 2.70. The summed E-state index contributed by atoms with van der Waals surface area (Å²) in [6, 6.07) is 11.5. The minimum atomic E-state index is -0.733. The predicted octanol–water partition coefficient (Wildman–Crippen LogP) is 4.29. The quantitative estimate of drug-likeness (QED) is 0.477. The number of hydrogen-bond donors (Lipinski definition) is 2. The molecule has 10 heteroatoms.